The van der Waals surface area contributed by atoms with Crippen LogP contribution in [0.5, 0.6) is 0 Å². The van der Waals surface area contributed by atoms with Gasteiger partial charge in [-0.15, -0.1) is 0 Å². The van der Waals surface area contributed by atoms with E-state index in [1.54, 1.807) is 18.2 Å². The second-order valence-electron chi connectivity index (χ2n) is 3.34. The van der Waals surface area contributed by atoms with Crippen LogP contribution in [0.15, 0.2) is 32.2 Å². The third-order valence-electron chi connectivity index (χ3n) is 2.13. The van der Waals surface area contributed by atoms with E-state index in [0.29, 0.717) is 17.5 Å². The predicted octanol–water partition coefficient (Wildman–Crippen LogP) is 0.215. The number of hydrogen-bond donors (Lipinski definition) is 2. The number of aliphatic hydroxyl groups is 1. The highest BCUT2D eigenvalue weighted by Crippen LogP contribution is 2.07. The van der Waals surface area contributed by atoms with Crippen LogP contribution in [0.4, 0.5) is 0 Å². The standard InChI is InChI=1S/C12H9NO4/c14-6-2-1-3-8-4-5-10-9(7-8)11(15)17-12(16)13-10/h4-5,7,14H,2,6H2,(H,13,16). The van der Waals surface area contributed by atoms with Crippen LogP contribution in [-0.4, -0.2) is 16.7 Å². The van der Waals surface area contributed by atoms with Gasteiger partial charge in [0, 0.05) is 12.0 Å². The molecule has 5 nitrogen and oxygen atoms in total. The lowest BCUT2D eigenvalue weighted by Crippen LogP contribution is -2.14. The van der Waals surface area contributed by atoms with Crippen molar-refractivity contribution in [2.75, 3.05) is 6.61 Å². The third kappa shape index (κ3) is 2.44. The molecule has 86 valence electrons. The molecule has 2 rings (SSSR count). The van der Waals surface area contributed by atoms with Gasteiger partial charge in [-0.1, -0.05) is 11.8 Å². The van der Waals surface area contributed by atoms with Gasteiger partial charge in [-0.25, -0.2) is 9.59 Å². The number of fused-ring (bicyclic) bond motifs is 1. The number of benzene rings is 1. The van der Waals surface area contributed by atoms with Gasteiger partial charge < -0.3 is 9.52 Å². The molecule has 0 radical (unpaired) electrons. The summed E-state index contributed by atoms with van der Waals surface area (Å²) in [5, 5.41) is 8.86. The number of aromatic amines is 1. The first-order chi connectivity index (χ1) is 8.20. The van der Waals surface area contributed by atoms with Crippen LogP contribution in [0, 0.1) is 11.8 Å². The molecule has 2 N–H and O–H groups in total. The van der Waals surface area contributed by atoms with E-state index >= 15 is 0 Å². The maximum atomic E-state index is 11.4. The molecule has 0 unspecified atom stereocenters. The number of nitrogens with one attached hydrogen (secondary N) is 1. The summed E-state index contributed by atoms with van der Waals surface area (Å²) in [4.78, 5) is 24.7. The SMILES string of the molecule is O=c1[nH]c2ccc(C#CCCO)cc2c(=O)o1. The van der Waals surface area contributed by atoms with Gasteiger partial charge in [0.2, 0.25) is 0 Å². The van der Waals surface area contributed by atoms with Crippen molar-refractivity contribution < 1.29 is 9.52 Å². The highest BCUT2D eigenvalue weighted by atomic mass is 16.4. The highest BCUT2D eigenvalue weighted by molar-refractivity contribution is 5.78. The molecule has 0 atom stereocenters. The lowest BCUT2D eigenvalue weighted by Gasteiger charge is -1.95. The number of hydrogen-bond acceptors (Lipinski definition) is 4. The maximum Gasteiger partial charge on any atom is 0.419 e. The van der Waals surface area contributed by atoms with E-state index in [4.69, 9.17) is 5.11 Å². The third-order valence-corrected chi connectivity index (χ3v) is 2.13. The van der Waals surface area contributed by atoms with Crippen molar-refractivity contribution in [2.24, 2.45) is 0 Å². The van der Waals surface area contributed by atoms with Gasteiger partial charge in [0.25, 0.3) is 0 Å². The lowest BCUT2D eigenvalue weighted by atomic mass is 10.1. The molecule has 0 aliphatic carbocycles. The molecule has 0 amide bonds. The minimum atomic E-state index is -0.776. The van der Waals surface area contributed by atoms with Gasteiger partial charge in [-0.3, -0.25) is 4.98 Å². The lowest BCUT2D eigenvalue weighted by molar-refractivity contribution is 0.305. The zero-order chi connectivity index (χ0) is 12.3. The summed E-state index contributed by atoms with van der Waals surface area (Å²) < 4.78 is 4.42. The van der Waals surface area contributed by atoms with Crippen LogP contribution in [-0.2, 0) is 0 Å². The van der Waals surface area contributed by atoms with E-state index in [2.05, 4.69) is 21.2 Å². The molecule has 17 heavy (non-hydrogen) atoms. The first kappa shape index (κ1) is 11.2. The Morgan fingerprint density at radius 3 is 2.94 bits per heavy atom. The van der Waals surface area contributed by atoms with Crippen molar-refractivity contribution in [1.29, 1.82) is 0 Å². The second-order valence-corrected chi connectivity index (χ2v) is 3.34. The summed E-state index contributed by atoms with van der Waals surface area (Å²) in [6.45, 7) is -0.00393. The van der Waals surface area contributed by atoms with Crippen molar-refractivity contribution in [2.45, 2.75) is 6.42 Å². The Morgan fingerprint density at radius 1 is 1.35 bits per heavy atom. The van der Waals surface area contributed by atoms with E-state index in [1.807, 2.05) is 0 Å². The molecule has 0 fully saturated rings. The Balaban J connectivity index is 2.56. The molecule has 1 aromatic heterocycles. The maximum absolute atomic E-state index is 11.4. The van der Waals surface area contributed by atoms with E-state index in [-0.39, 0.29) is 12.0 Å². The van der Waals surface area contributed by atoms with Gasteiger partial charge in [0.15, 0.2) is 0 Å². The molecule has 0 aliphatic rings. The molecule has 0 bridgehead atoms. The first-order valence-electron chi connectivity index (χ1n) is 4.97. The molecule has 2 aromatic rings. The summed E-state index contributed by atoms with van der Waals surface area (Å²) in [5.41, 5.74) is 0.360. The Labute approximate surface area is 95.7 Å². The van der Waals surface area contributed by atoms with E-state index in [9.17, 15) is 9.59 Å². The van der Waals surface area contributed by atoms with Crippen LogP contribution >= 0.6 is 0 Å². The minimum absolute atomic E-state index is 0.00393. The molecule has 0 aliphatic heterocycles. The Kier molecular flexibility index (Phi) is 3.08. The second kappa shape index (κ2) is 4.68. The van der Waals surface area contributed by atoms with Crippen molar-refractivity contribution in [3.05, 3.63) is 44.7 Å². The fraction of sp³-hybridized carbons (Fsp3) is 0.167. The monoisotopic (exact) mass is 231 g/mol. The number of aliphatic hydroxyl groups excluding tert-OH is 1. The summed E-state index contributed by atoms with van der Waals surface area (Å²) in [5.74, 6) is 4.76. The Morgan fingerprint density at radius 2 is 2.18 bits per heavy atom. The van der Waals surface area contributed by atoms with Crippen molar-refractivity contribution in [3.63, 3.8) is 0 Å². The molecule has 0 saturated carbocycles. The smallest absolute Gasteiger partial charge is 0.395 e. The van der Waals surface area contributed by atoms with Crippen LogP contribution in [0.3, 0.4) is 0 Å². The van der Waals surface area contributed by atoms with Gasteiger partial charge in [-0.05, 0) is 18.2 Å². The van der Waals surface area contributed by atoms with Crippen molar-refractivity contribution in [3.8, 4) is 11.8 Å². The first-order valence-corrected chi connectivity index (χ1v) is 4.97. The largest absolute Gasteiger partial charge is 0.419 e. The summed E-state index contributed by atoms with van der Waals surface area (Å²) in [6.07, 6.45) is 0.373. The fourth-order valence-corrected chi connectivity index (χ4v) is 1.39. The summed E-state index contributed by atoms with van der Waals surface area (Å²) in [7, 11) is 0. The van der Waals surface area contributed by atoms with Gasteiger partial charge in [0.05, 0.1) is 17.5 Å². The minimum Gasteiger partial charge on any atom is -0.395 e. The van der Waals surface area contributed by atoms with Gasteiger partial charge >= 0.3 is 11.4 Å². The molecule has 0 spiro atoms. The van der Waals surface area contributed by atoms with E-state index < -0.39 is 11.4 Å². The van der Waals surface area contributed by atoms with Gasteiger partial charge in [0.1, 0.15) is 0 Å². The van der Waals surface area contributed by atoms with Crippen LogP contribution in [0.2, 0.25) is 0 Å². The molecule has 5 heteroatoms. The molecule has 1 aromatic carbocycles. The van der Waals surface area contributed by atoms with Gasteiger partial charge in [-0.2, -0.15) is 0 Å². The molecule has 1 heterocycles. The van der Waals surface area contributed by atoms with E-state index in [1.165, 1.54) is 0 Å². The average molecular weight is 231 g/mol. The van der Waals surface area contributed by atoms with Crippen LogP contribution < -0.4 is 11.4 Å². The van der Waals surface area contributed by atoms with E-state index in [0.717, 1.165) is 0 Å². The molecular formula is C12H9NO4. The Hall–Kier alpha value is -2.32. The van der Waals surface area contributed by atoms with Crippen LogP contribution in [0.1, 0.15) is 12.0 Å². The topological polar surface area (TPSA) is 83.3 Å². The van der Waals surface area contributed by atoms with Crippen molar-refractivity contribution >= 4 is 10.9 Å². The quantitative estimate of drug-likeness (QED) is 0.687. The fourth-order valence-electron chi connectivity index (χ4n) is 1.39. The Bertz CT molecular complexity index is 715. The predicted molar refractivity (Wildman–Crippen MR) is 61.7 cm³/mol. The van der Waals surface area contributed by atoms with Crippen LogP contribution in [0.25, 0.3) is 10.9 Å². The summed E-state index contributed by atoms with van der Waals surface area (Å²) in [6, 6.07) is 4.82. The van der Waals surface area contributed by atoms with Crippen molar-refractivity contribution in [1.82, 2.24) is 4.98 Å². The molecular weight excluding hydrogens is 222 g/mol. The number of aromatic nitrogens is 1. The molecule has 0 saturated heterocycles. The number of rotatable bonds is 1. The zero-order valence-corrected chi connectivity index (χ0v) is 8.82. The highest BCUT2D eigenvalue weighted by Gasteiger charge is 2.02. The average Bonchev–Trinajstić information content (AvgIpc) is 2.30. The number of H-pyrrole nitrogens is 1. The zero-order valence-electron chi connectivity index (χ0n) is 8.82. The normalized spacial score (nSPS) is 9.94. The summed E-state index contributed by atoms with van der Waals surface area (Å²) >= 11 is 0.